The van der Waals surface area contributed by atoms with Crippen molar-refractivity contribution < 1.29 is 13.9 Å². The number of carbonyl (C=O) groups excluding carboxylic acids is 1. The molecule has 0 atom stereocenters. The zero-order valence-corrected chi connectivity index (χ0v) is 16.2. The van der Waals surface area contributed by atoms with E-state index in [2.05, 4.69) is 10.3 Å². The number of aromatic nitrogens is 1. The molecule has 0 aliphatic carbocycles. The van der Waals surface area contributed by atoms with Gasteiger partial charge in [0.1, 0.15) is 11.1 Å². The van der Waals surface area contributed by atoms with Crippen LogP contribution in [0.15, 0.2) is 40.8 Å². The summed E-state index contributed by atoms with van der Waals surface area (Å²) < 4.78 is 11.6. The molecule has 2 aromatic carbocycles. The van der Waals surface area contributed by atoms with Crippen LogP contribution in [0.3, 0.4) is 0 Å². The smallest absolute Gasteiger partial charge is 0.338 e. The molecular formula is C20H18Cl2N2O3. The van der Waals surface area contributed by atoms with Gasteiger partial charge in [0, 0.05) is 15.6 Å². The molecule has 2 heterocycles. The number of fused-ring (bicyclic) bond motifs is 1. The van der Waals surface area contributed by atoms with Gasteiger partial charge in [0.05, 0.1) is 5.56 Å². The Morgan fingerprint density at radius 3 is 2.56 bits per heavy atom. The third kappa shape index (κ3) is 3.95. The van der Waals surface area contributed by atoms with Crippen LogP contribution in [-0.2, 0) is 4.74 Å². The van der Waals surface area contributed by atoms with E-state index in [9.17, 15) is 4.79 Å². The molecule has 1 saturated heterocycles. The van der Waals surface area contributed by atoms with Crippen molar-refractivity contribution in [1.29, 1.82) is 0 Å². The van der Waals surface area contributed by atoms with Gasteiger partial charge in [0.2, 0.25) is 5.89 Å². The van der Waals surface area contributed by atoms with Gasteiger partial charge in [0.15, 0.2) is 5.58 Å². The topological polar surface area (TPSA) is 64.4 Å². The zero-order valence-electron chi connectivity index (χ0n) is 14.7. The number of benzene rings is 2. The van der Waals surface area contributed by atoms with Crippen molar-refractivity contribution in [3.63, 3.8) is 0 Å². The summed E-state index contributed by atoms with van der Waals surface area (Å²) >= 11 is 12.1. The normalized spacial score (nSPS) is 16.4. The average molecular weight is 405 g/mol. The molecule has 7 heteroatoms. The summed E-state index contributed by atoms with van der Waals surface area (Å²) in [7, 11) is 0. The van der Waals surface area contributed by atoms with E-state index in [0.717, 1.165) is 25.9 Å². The number of halogens is 2. The fraction of sp³-hybridized carbons (Fsp3) is 0.300. The first-order valence-electron chi connectivity index (χ1n) is 8.73. The Bertz CT molecular complexity index is 989. The van der Waals surface area contributed by atoms with Gasteiger partial charge in [-0.3, -0.25) is 0 Å². The van der Waals surface area contributed by atoms with Gasteiger partial charge < -0.3 is 14.5 Å². The maximum Gasteiger partial charge on any atom is 0.338 e. The standard InChI is InChI=1S/C20H18Cl2N2O3/c1-20(4-6-23-7-5-20)27-19(25)12-2-3-16-17(10-12)26-18(24-16)13-8-14(21)11-15(22)9-13/h2-3,8-11,23H,4-7H2,1H3. The highest BCUT2D eigenvalue weighted by Gasteiger charge is 2.31. The van der Waals surface area contributed by atoms with E-state index in [-0.39, 0.29) is 5.97 Å². The molecule has 1 aliphatic heterocycles. The lowest BCUT2D eigenvalue weighted by molar-refractivity contribution is -0.0234. The second-order valence-corrected chi connectivity index (χ2v) is 7.82. The molecule has 0 spiro atoms. The van der Waals surface area contributed by atoms with Crippen molar-refractivity contribution in [2.75, 3.05) is 13.1 Å². The van der Waals surface area contributed by atoms with Crippen LogP contribution in [0.25, 0.3) is 22.6 Å². The number of rotatable bonds is 3. The minimum atomic E-state index is -0.443. The van der Waals surface area contributed by atoms with E-state index in [1.54, 1.807) is 36.4 Å². The number of ether oxygens (including phenoxy) is 1. The Hall–Kier alpha value is -2.08. The first-order valence-corrected chi connectivity index (χ1v) is 9.49. The van der Waals surface area contributed by atoms with Gasteiger partial charge in [-0.15, -0.1) is 0 Å². The fourth-order valence-electron chi connectivity index (χ4n) is 3.19. The number of hydrogen-bond acceptors (Lipinski definition) is 5. The lowest BCUT2D eigenvalue weighted by Crippen LogP contribution is -2.42. The number of carbonyl (C=O) groups is 1. The highest BCUT2D eigenvalue weighted by Crippen LogP contribution is 2.30. The van der Waals surface area contributed by atoms with Crippen molar-refractivity contribution >= 4 is 40.3 Å². The number of nitrogens with zero attached hydrogens (tertiary/aromatic N) is 1. The highest BCUT2D eigenvalue weighted by atomic mass is 35.5. The molecule has 1 fully saturated rings. The minimum absolute atomic E-state index is 0.356. The van der Waals surface area contributed by atoms with E-state index in [0.29, 0.717) is 38.2 Å². The highest BCUT2D eigenvalue weighted by molar-refractivity contribution is 6.35. The van der Waals surface area contributed by atoms with Gasteiger partial charge in [-0.05, 0) is 69.3 Å². The zero-order chi connectivity index (χ0) is 19.0. The largest absolute Gasteiger partial charge is 0.456 e. The maximum absolute atomic E-state index is 12.6. The first kappa shape index (κ1) is 18.3. The van der Waals surface area contributed by atoms with E-state index < -0.39 is 5.60 Å². The summed E-state index contributed by atoms with van der Waals surface area (Å²) in [5, 5.41) is 4.27. The van der Waals surface area contributed by atoms with Crippen LogP contribution in [0, 0.1) is 0 Å². The van der Waals surface area contributed by atoms with E-state index in [1.165, 1.54) is 0 Å². The number of oxazole rings is 1. The summed E-state index contributed by atoms with van der Waals surface area (Å²) in [4.78, 5) is 17.0. The predicted molar refractivity (Wildman–Crippen MR) is 105 cm³/mol. The summed E-state index contributed by atoms with van der Waals surface area (Å²) in [5.74, 6) is 0.0373. The molecule has 5 nitrogen and oxygen atoms in total. The Morgan fingerprint density at radius 1 is 1.15 bits per heavy atom. The Kier molecular flexibility index (Phi) is 4.84. The summed E-state index contributed by atoms with van der Waals surface area (Å²) in [5.41, 5.74) is 1.82. The van der Waals surface area contributed by atoms with Crippen LogP contribution in [0.2, 0.25) is 10.0 Å². The SMILES string of the molecule is CC1(OC(=O)c2ccc3nc(-c4cc(Cl)cc(Cl)c4)oc3c2)CCNCC1. The second-order valence-electron chi connectivity index (χ2n) is 6.95. The van der Waals surface area contributed by atoms with Crippen LogP contribution in [0.1, 0.15) is 30.1 Å². The van der Waals surface area contributed by atoms with Crippen molar-refractivity contribution in [1.82, 2.24) is 10.3 Å². The number of esters is 1. The quantitative estimate of drug-likeness (QED) is 0.615. The Balaban J connectivity index is 1.61. The molecule has 0 bridgehead atoms. The van der Waals surface area contributed by atoms with Crippen LogP contribution in [0.4, 0.5) is 0 Å². The predicted octanol–water partition coefficient (Wildman–Crippen LogP) is 5.10. The molecule has 0 amide bonds. The first-order chi connectivity index (χ1) is 12.9. The Morgan fingerprint density at radius 2 is 1.85 bits per heavy atom. The second kappa shape index (κ2) is 7.15. The molecule has 4 rings (SSSR count). The molecule has 27 heavy (non-hydrogen) atoms. The van der Waals surface area contributed by atoms with Gasteiger partial charge in [0.25, 0.3) is 0 Å². The maximum atomic E-state index is 12.6. The van der Waals surface area contributed by atoms with Gasteiger partial charge in [-0.2, -0.15) is 0 Å². The monoisotopic (exact) mass is 404 g/mol. The number of hydrogen-bond donors (Lipinski definition) is 1. The lowest BCUT2D eigenvalue weighted by atomic mass is 9.94. The van der Waals surface area contributed by atoms with Crippen LogP contribution >= 0.6 is 23.2 Å². The number of piperidine rings is 1. The Labute approximate surface area is 166 Å². The van der Waals surface area contributed by atoms with Crippen LogP contribution in [-0.4, -0.2) is 29.6 Å². The van der Waals surface area contributed by atoms with Crippen LogP contribution in [0.5, 0.6) is 0 Å². The van der Waals surface area contributed by atoms with Crippen molar-refractivity contribution in [2.24, 2.45) is 0 Å². The summed E-state index contributed by atoms with van der Waals surface area (Å²) in [6.07, 6.45) is 1.59. The van der Waals surface area contributed by atoms with Gasteiger partial charge >= 0.3 is 5.97 Å². The molecule has 0 saturated carbocycles. The van der Waals surface area contributed by atoms with Gasteiger partial charge in [-0.25, -0.2) is 9.78 Å². The molecule has 1 aromatic heterocycles. The molecule has 140 valence electrons. The summed E-state index contributed by atoms with van der Waals surface area (Å²) in [6, 6.07) is 10.2. The average Bonchev–Trinajstić information content (AvgIpc) is 3.04. The van der Waals surface area contributed by atoms with E-state index in [4.69, 9.17) is 32.4 Å². The van der Waals surface area contributed by atoms with Crippen molar-refractivity contribution in [3.05, 3.63) is 52.0 Å². The molecule has 1 N–H and O–H groups in total. The van der Waals surface area contributed by atoms with Crippen LogP contribution < -0.4 is 5.32 Å². The number of nitrogens with one attached hydrogen (secondary N) is 1. The molecule has 0 unspecified atom stereocenters. The van der Waals surface area contributed by atoms with E-state index in [1.807, 2.05) is 6.92 Å². The molecule has 0 radical (unpaired) electrons. The molecule has 1 aliphatic rings. The van der Waals surface area contributed by atoms with Crippen molar-refractivity contribution in [3.8, 4) is 11.5 Å². The summed E-state index contributed by atoms with van der Waals surface area (Å²) in [6.45, 7) is 3.66. The lowest BCUT2D eigenvalue weighted by Gasteiger charge is -2.33. The van der Waals surface area contributed by atoms with Gasteiger partial charge in [-0.1, -0.05) is 23.2 Å². The minimum Gasteiger partial charge on any atom is -0.456 e. The fourth-order valence-corrected chi connectivity index (χ4v) is 3.72. The third-order valence-corrected chi connectivity index (χ3v) is 5.17. The molecular weight excluding hydrogens is 387 g/mol. The van der Waals surface area contributed by atoms with E-state index >= 15 is 0 Å². The molecule has 3 aromatic rings. The van der Waals surface area contributed by atoms with Crippen molar-refractivity contribution in [2.45, 2.75) is 25.4 Å². The third-order valence-electron chi connectivity index (χ3n) is 4.73.